The molecule has 0 aliphatic carbocycles. The number of hydrogen-bond donors (Lipinski definition) is 0. The SMILES string of the molecule is O=C(CCCN1C(=O)/C(=C/C=C/c2ccccc2)SC1=S)N1CCN(c2ccccc2)CC1. The van der Waals surface area contributed by atoms with E-state index in [-0.39, 0.29) is 11.8 Å². The van der Waals surface area contributed by atoms with Gasteiger partial charge < -0.3 is 9.80 Å². The lowest BCUT2D eigenvalue weighted by molar-refractivity contribution is -0.132. The standard InChI is InChI=1S/C26H27N3O2S2/c30-24(28-19-17-27(18-20-28)22-12-5-2-6-13-22)15-8-16-29-25(31)23(33-26(29)32)14-7-11-21-9-3-1-4-10-21/h1-7,9-14H,8,15-20H2/b11-7+,23-14-. The highest BCUT2D eigenvalue weighted by molar-refractivity contribution is 8.26. The third kappa shape index (κ3) is 6.12. The van der Waals surface area contributed by atoms with Gasteiger partial charge >= 0.3 is 0 Å². The second-order valence-corrected chi connectivity index (χ2v) is 9.61. The fraction of sp³-hybridized carbons (Fsp3) is 0.269. The van der Waals surface area contributed by atoms with Crippen molar-refractivity contribution in [2.24, 2.45) is 0 Å². The van der Waals surface area contributed by atoms with E-state index < -0.39 is 0 Å². The molecule has 33 heavy (non-hydrogen) atoms. The average Bonchev–Trinajstić information content (AvgIpc) is 3.13. The summed E-state index contributed by atoms with van der Waals surface area (Å²) in [6, 6.07) is 20.2. The van der Waals surface area contributed by atoms with Crippen molar-refractivity contribution < 1.29 is 9.59 Å². The van der Waals surface area contributed by atoms with Crippen LogP contribution in [0.4, 0.5) is 5.69 Å². The van der Waals surface area contributed by atoms with Crippen LogP contribution >= 0.6 is 24.0 Å². The largest absolute Gasteiger partial charge is 0.368 e. The zero-order valence-electron chi connectivity index (χ0n) is 18.4. The number of hydrogen-bond acceptors (Lipinski definition) is 5. The van der Waals surface area contributed by atoms with E-state index in [1.807, 2.05) is 71.7 Å². The number of piperazine rings is 1. The van der Waals surface area contributed by atoms with E-state index in [4.69, 9.17) is 12.2 Å². The molecule has 170 valence electrons. The first kappa shape index (κ1) is 23.3. The Labute approximate surface area is 204 Å². The van der Waals surface area contributed by atoms with Crippen LogP contribution in [-0.4, -0.2) is 58.7 Å². The number of amides is 2. The maximum absolute atomic E-state index is 12.7. The first-order valence-electron chi connectivity index (χ1n) is 11.2. The lowest BCUT2D eigenvalue weighted by Crippen LogP contribution is -2.48. The van der Waals surface area contributed by atoms with Crippen molar-refractivity contribution in [3.05, 3.63) is 83.3 Å². The normalized spacial score (nSPS) is 18.1. The topological polar surface area (TPSA) is 43.9 Å². The number of nitrogens with zero attached hydrogens (tertiary/aromatic N) is 3. The molecule has 0 N–H and O–H groups in total. The predicted molar refractivity (Wildman–Crippen MR) is 140 cm³/mol. The van der Waals surface area contributed by atoms with Crippen LogP contribution in [0.5, 0.6) is 0 Å². The Hall–Kier alpha value is -2.90. The lowest BCUT2D eigenvalue weighted by Gasteiger charge is -2.36. The Balaban J connectivity index is 1.22. The van der Waals surface area contributed by atoms with Crippen LogP contribution in [0.3, 0.4) is 0 Å². The van der Waals surface area contributed by atoms with Gasteiger partial charge in [0.15, 0.2) is 0 Å². The monoisotopic (exact) mass is 477 g/mol. The minimum atomic E-state index is -0.0772. The molecule has 2 aromatic rings. The van der Waals surface area contributed by atoms with Crippen LogP contribution in [0.2, 0.25) is 0 Å². The van der Waals surface area contributed by atoms with Gasteiger partial charge in [0.05, 0.1) is 4.91 Å². The van der Waals surface area contributed by atoms with Crippen molar-refractivity contribution in [3.8, 4) is 0 Å². The molecule has 2 amide bonds. The third-order valence-corrected chi connectivity index (χ3v) is 7.13. The van der Waals surface area contributed by atoms with Gasteiger partial charge in [0.2, 0.25) is 5.91 Å². The molecule has 2 fully saturated rings. The van der Waals surface area contributed by atoms with Gasteiger partial charge in [-0.2, -0.15) is 0 Å². The number of rotatable bonds is 7. The summed E-state index contributed by atoms with van der Waals surface area (Å²) in [5.41, 5.74) is 2.28. The Morgan fingerprint density at radius 3 is 2.33 bits per heavy atom. The van der Waals surface area contributed by atoms with E-state index in [9.17, 15) is 9.59 Å². The Kier molecular flexibility index (Phi) is 7.96. The molecule has 0 saturated carbocycles. The quantitative estimate of drug-likeness (QED) is 0.432. The van der Waals surface area contributed by atoms with E-state index in [0.717, 1.165) is 31.7 Å². The fourth-order valence-electron chi connectivity index (χ4n) is 3.92. The molecule has 0 atom stereocenters. The number of carbonyl (C=O) groups excluding carboxylic acids is 2. The van der Waals surface area contributed by atoms with Crippen LogP contribution in [0.25, 0.3) is 6.08 Å². The molecule has 4 rings (SSSR count). The van der Waals surface area contributed by atoms with Gasteiger partial charge in [0.25, 0.3) is 5.91 Å². The van der Waals surface area contributed by atoms with Crippen LogP contribution in [0.1, 0.15) is 18.4 Å². The van der Waals surface area contributed by atoms with Crippen LogP contribution in [0.15, 0.2) is 77.7 Å². The Morgan fingerprint density at radius 2 is 1.64 bits per heavy atom. The summed E-state index contributed by atoms with van der Waals surface area (Å²) in [7, 11) is 0. The molecule has 5 nitrogen and oxygen atoms in total. The van der Waals surface area contributed by atoms with Crippen LogP contribution in [-0.2, 0) is 9.59 Å². The van der Waals surface area contributed by atoms with Gasteiger partial charge in [-0.25, -0.2) is 0 Å². The summed E-state index contributed by atoms with van der Waals surface area (Å²) in [5.74, 6) is 0.0705. The van der Waals surface area contributed by atoms with Crippen LogP contribution in [0, 0.1) is 0 Å². The van der Waals surface area contributed by atoms with E-state index in [1.165, 1.54) is 17.4 Å². The zero-order chi connectivity index (χ0) is 23.0. The first-order chi connectivity index (χ1) is 16.1. The first-order valence-corrected chi connectivity index (χ1v) is 12.4. The second-order valence-electron chi connectivity index (χ2n) is 7.93. The van der Waals surface area contributed by atoms with Gasteiger partial charge in [0.1, 0.15) is 4.32 Å². The lowest BCUT2D eigenvalue weighted by atomic mass is 10.2. The summed E-state index contributed by atoms with van der Waals surface area (Å²) in [6.45, 7) is 3.61. The van der Waals surface area contributed by atoms with E-state index >= 15 is 0 Å². The summed E-state index contributed by atoms with van der Waals surface area (Å²) in [6.07, 6.45) is 6.68. The summed E-state index contributed by atoms with van der Waals surface area (Å²) < 4.78 is 0.559. The predicted octanol–water partition coefficient (Wildman–Crippen LogP) is 4.57. The molecular formula is C26H27N3O2S2. The van der Waals surface area contributed by atoms with Crippen molar-refractivity contribution in [2.75, 3.05) is 37.6 Å². The molecule has 0 aromatic heterocycles. The van der Waals surface area contributed by atoms with Gasteiger partial charge in [-0.15, -0.1) is 0 Å². The molecular weight excluding hydrogens is 450 g/mol. The molecule has 0 spiro atoms. The highest BCUT2D eigenvalue weighted by Crippen LogP contribution is 2.31. The molecule has 2 saturated heterocycles. The molecule has 0 bridgehead atoms. The van der Waals surface area contributed by atoms with Crippen molar-refractivity contribution in [2.45, 2.75) is 12.8 Å². The second kappa shape index (κ2) is 11.3. The highest BCUT2D eigenvalue weighted by atomic mass is 32.2. The Bertz CT molecular complexity index is 1050. The number of allylic oxidation sites excluding steroid dienone is 2. The third-order valence-electron chi connectivity index (χ3n) is 5.74. The van der Waals surface area contributed by atoms with Crippen molar-refractivity contribution in [1.29, 1.82) is 0 Å². The highest BCUT2D eigenvalue weighted by Gasteiger charge is 2.31. The van der Waals surface area contributed by atoms with Crippen LogP contribution < -0.4 is 4.90 Å². The van der Waals surface area contributed by atoms with E-state index in [0.29, 0.717) is 28.6 Å². The number of benzene rings is 2. The van der Waals surface area contributed by atoms with Crippen molar-refractivity contribution in [3.63, 3.8) is 0 Å². The maximum Gasteiger partial charge on any atom is 0.266 e. The van der Waals surface area contributed by atoms with Gasteiger partial charge in [-0.1, -0.05) is 84.7 Å². The van der Waals surface area contributed by atoms with E-state index in [2.05, 4.69) is 17.0 Å². The number of thioether (sulfide) groups is 1. The minimum Gasteiger partial charge on any atom is -0.368 e. The molecule has 0 radical (unpaired) electrons. The summed E-state index contributed by atoms with van der Waals surface area (Å²) in [5, 5.41) is 0. The smallest absolute Gasteiger partial charge is 0.266 e. The molecule has 2 aliphatic rings. The minimum absolute atomic E-state index is 0.0772. The zero-order valence-corrected chi connectivity index (χ0v) is 20.1. The van der Waals surface area contributed by atoms with Gasteiger partial charge in [-0.3, -0.25) is 14.5 Å². The maximum atomic E-state index is 12.7. The molecule has 7 heteroatoms. The van der Waals surface area contributed by atoms with Crippen molar-refractivity contribution in [1.82, 2.24) is 9.80 Å². The average molecular weight is 478 g/mol. The number of para-hydroxylation sites is 1. The van der Waals surface area contributed by atoms with Crippen molar-refractivity contribution >= 4 is 51.9 Å². The molecule has 2 aromatic carbocycles. The Morgan fingerprint density at radius 1 is 0.970 bits per heavy atom. The number of thiocarbonyl (C=S) groups is 1. The summed E-state index contributed by atoms with van der Waals surface area (Å²) >= 11 is 6.72. The van der Waals surface area contributed by atoms with E-state index in [1.54, 1.807) is 4.90 Å². The summed E-state index contributed by atoms with van der Waals surface area (Å²) in [4.78, 5) is 31.9. The molecule has 2 heterocycles. The number of anilines is 1. The molecule has 2 aliphatic heterocycles. The van der Waals surface area contributed by atoms with Gasteiger partial charge in [-0.05, 0) is 30.2 Å². The van der Waals surface area contributed by atoms with Gasteiger partial charge in [0, 0.05) is 44.8 Å². The fourth-order valence-corrected chi connectivity index (χ4v) is 5.18. The molecule has 0 unspecified atom stereocenters. The number of carbonyl (C=O) groups is 2.